The van der Waals surface area contributed by atoms with Crippen molar-refractivity contribution in [1.29, 1.82) is 0 Å². The van der Waals surface area contributed by atoms with Gasteiger partial charge in [0.2, 0.25) is 0 Å². The molecule has 1 atom stereocenters. The summed E-state index contributed by atoms with van der Waals surface area (Å²) in [5.74, 6) is 0.442. The molecule has 1 aliphatic heterocycles. The lowest BCUT2D eigenvalue weighted by Crippen LogP contribution is -2.37. The number of β-amino-alcohol motifs (C(OH)–C–C–N with tert-alkyl or cyclic N) is 1. The summed E-state index contributed by atoms with van der Waals surface area (Å²) in [5.41, 5.74) is 6.36. The summed E-state index contributed by atoms with van der Waals surface area (Å²) < 4.78 is 0. The van der Waals surface area contributed by atoms with Gasteiger partial charge < -0.3 is 10.8 Å². The quantitative estimate of drug-likeness (QED) is 0.716. The Bertz CT molecular complexity index is 314. The van der Waals surface area contributed by atoms with E-state index in [1.165, 1.54) is 0 Å². The molecule has 0 amide bonds. The number of aliphatic hydroxyl groups is 1. The lowest BCUT2D eigenvalue weighted by atomic mass is 10.1. The van der Waals surface area contributed by atoms with Crippen LogP contribution in [-0.2, 0) is 6.54 Å². The highest BCUT2D eigenvalue weighted by atomic mass is 16.3. The van der Waals surface area contributed by atoms with Crippen molar-refractivity contribution < 1.29 is 5.11 Å². The third-order valence-electron chi connectivity index (χ3n) is 2.59. The normalized spacial score (nSPS) is 22.9. The third-order valence-corrected chi connectivity index (χ3v) is 2.59. The Kier molecular flexibility index (Phi) is 3.13. The molecule has 0 spiro atoms. The zero-order chi connectivity index (χ0) is 10.7. The minimum Gasteiger partial charge on any atom is -0.392 e. The van der Waals surface area contributed by atoms with Crippen LogP contribution in [0.15, 0.2) is 12.4 Å². The standard InChI is InChI=1S/C10H16N4O/c11-10-5-12-8(4-13-10)6-14-3-1-2-9(15)7-14/h4-5,9,15H,1-3,6-7H2,(H2,11,13). The van der Waals surface area contributed by atoms with E-state index in [0.717, 1.165) is 38.2 Å². The highest BCUT2D eigenvalue weighted by Gasteiger charge is 2.17. The monoisotopic (exact) mass is 208 g/mol. The maximum atomic E-state index is 9.50. The summed E-state index contributed by atoms with van der Waals surface area (Å²) in [4.78, 5) is 10.4. The summed E-state index contributed by atoms with van der Waals surface area (Å²) in [6.45, 7) is 2.49. The molecule has 5 nitrogen and oxygen atoms in total. The Hall–Kier alpha value is -1.20. The average molecular weight is 208 g/mol. The Morgan fingerprint density at radius 3 is 3.00 bits per heavy atom. The molecular weight excluding hydrogens is 192 g/mol. The van der Waals surface area contributed by atoms with Gasteiger partial charge in [-0.1, -0.05) is 0 Å². The van der Waals surface area contributed by atoms with E-state index < -0.39 is 0 Å². The summed E-state index contributed by atoms with van der Waals surface area (Å²) in [6.07, 6.45) is 5.01. The zero-order valence-corrected chi connectivity index (χ0v) is 8.63. The van der Waals surface area contributed by atoms with Crippen molar-refractivity contribution in [2.45, 2.75) is 25.5 Å². The van der Waals surface area contributed by atoms with E-state index in [-0.39, 0.29) is 6.10 Å². The van der Waals surface area contributed by atoms with Crippen LogP contribution in [0.1, 0.15) is 18.5 Å². The first-order valence-corrected chi connectivity index (χ1v) is 5.21. The first-order valence-electron chi connectivity index (χ1n) is 5.21. The highest BCUT2D eigenvalue weighted by Crippen LogP contribution is 2.12. The zero-order valence-electron chi connectivity index (χ0n) is 8.63. The second kappa shape index (κ2) is 4.55. The van der Waals surface area contributed by atoms with Crippen LogP contribution in [0.25, 0.3) is 0 Å². The van der Waals surface area contributed by atoms with Crippen molar-refractivity contribution >= 4 is 5.82 Å². The van der Waals surface area contributed by atoms with E-state index in [2.05, 4.69) is 14.9 Å². The van der Waals surface area contributed by atoms with Crippen molar-refractivity contribution in [2.75, 3.05) is 18.8 Å². The molecule has 1 aromatic heterocycles. The number of rotatable bonds is 2. The molecule has 1 fully saturated rings. The van der Waals surface area contributed by atoms with Gasteiger partial charge in [-0.15, -0.1) is 0 Å². The summed E-state index contributed by atoms with van der Waals surface area (Å²) >= 11 is 0. The molecule has 82 valence electrons. The molecule has 0 bridgehead atoms. The molecule has 0 saturated carbocycles. The van der Waals surface area contributed by atoms with Gasteiger partial charge in [0.25, 0.3) is 0 Å². The lowest BCUT2D eigenvalue weighted by Gasteiger charge is -2.29. The molecule has 3 N–H and O–H groups in total. The van der Waals surface area contributed by atoms with E-state index >= 15 is 0 Å². The molecule has 5 heteroatoms. The summed E-state index contributed by atoms with van der Waals surface area (Å²) in [7, 11) is 0. The summed E-state index contributed by atoms with van der Waals surface area (Å²) in [5, 5.41) is 9.50. The van der Waals surface area contributed by atoms with Crippen molar-refractivity contribution in [3.63, 3.8) is 0 Å². The third kappa shape index (κ3) is 2.87. The minimum absolute atomic E-state index is 0.194. The number of aliphatic hydroxyl groups excluding tert-OH is 1. The van der Waals surface area contributed by atoms with Crippen LogP contribution in [0.2, 0.25) is 0 Å². The Morgan fingerprint density at radius 2 is 2.33 bits per heavy atom. The van der Waals surface area contributed by atoms with Gasteiger partial charge >= 0.3 is 0 Å². The molecule has 0 aromatic carbocycles. The van der Waals surface area contributed by atoms with Gasteiger partial charge in [0.05, 0.1) is 24.2 Å². The van der Waals surface area contributed by atoms with Crippen LogP contribution in [-0.4, -0.2) is 39.2 Å². The SMILES string of the molecule is Nc1cnc(CN2CCCC(O)C2)cn1. The predicted molar refractivity (Wildman–Crippen MR) is 57.0 cm³/mol. The van der Waals surface area contributed by atoms with Gasteiger partial charge in [-0.05, 0) is 19.4 Å². The lowest BCUT2D eigenvalue weighted by molar-refractivity contribution is 0.0661. The average Bonchev–Trinajstić information content (AvgIpc) is 2.22. The second-order valence-electron chi connectivity index (χ2n) is 3.96. The maximum absolute atomic E-state index is 9.50. The van der Waals surface area contributed by atoms with Crippen molar-refractivity contribution in [3.8, 4) is 0 Å². The van der Waals surface area contributed by atoms with E-state index in [1.807, 2.05) is 0 Å². The molecule has 1 aliphatic rings. The highest BCUT2D eigenvalue weighted by molar-refractivity contribution is 5.22. The van der Waals surface area contributed by atoms with Crippen LogP contribution in [0, 0.1) is 0 Å². The fraction of sp³-hybridized carbons (Fsp3) is 0.600. The first-order chi connectivity index (χ1) is 7.24. The largest absolute Gasteiger partial charge is 0.392 e. The molecule has 0 aliphatic carbocycles. The van der Waals surface area contributed by atoms with Crippen molar-refractivity contribution in [3.05, 3.63) is 18.1 Å². The van der Waals surface area contributed by atoms with Gasteiger partial charge in [0.1, 0.15) is 5.82 Å². The number of hydrogen-bond acceptors (Lipinski definition) is 5. The Labute approximate surface area is 88.9 Å². The molecule has 2 rings (SSSR count). The van der Waals surface area contributed by atoms with E-state index in [0.29, 0.717) is 5.82 Å². The number of aromatic nitrogens is 2. The number of likely N-dealkylation sites (tertiary alicyclic amines) is 1. The molecule has 1 saturated heterocycles. The smallest absolute Gasteiger partial charge is 0.141 e. The fourth-order valence-corrected chi connectivity index (χ4v) is 1.85. The number of anilines is 1. The van der Waals surface area contributed by atoms with Gasteiger partial charge in [0.15, 0.2) is 0 Å². The van der Waals surface area contributed by atoms with E-state index in [1.54, 1.807) is 12.4 Å². The number of nitrogens with two attached hydrogens (primary N) is 1. The molecule has 2 heterocycles. The summed E-state index contributed by atoms with van der Waals surface area (Å²) in [6, 6.07) is 0. The predicted octanol–water partition coefficient (Wildman–Crippen LogP) is 0.0155. The molecule has 15 heavy (non-hydrogen) atoms. The fourth-order valence-electron chi connectivity index (χ4n) is 1.85. The van der Waals surface area contributed by atoms with E-state index in [9.17, 15) is 5.11 Å². The van der Waals surface area contributed by atoms with Gasteiger partial charge in [0, 0.05) is 13.1 Å². The van der Waals surface area contributed by atoms with Crippen molar-refractivity contribution in [2.24, 2.45) is 0 Å². The second-order valence-corrected chi connectivity index (χ2v) is 3.96. The molecular formula is C10H16N4O. The molecule has 1 unspecified atom stereocenters. The van der Waals surface area contributed by atoms with Crippen LogP contribution >= 0.6 is 0 Å². The van der Waals surface area contributed by atoms with E-state index in [4.69, 9.17) is 5.73 Å². The first kappa shape index (κ1) is 10.3. The number of hydrogen-bond donors (Lipinski definition) is 2. The topological polar surface area (TPSA) is 75.3 Å². The molecule has 0 radical (unpaired) electrons. The Morgan fingerprint density at radius 1 is 1.47 bits per heavy atom. The Balaban J connectivity index is 1.93. The van der Waals surface area contributed by atoms with Gasteiger partial charge in [-0.3, -0.25) is 9.88 Å². The van der Waals surface area contributed by atoms with Crippen LogP contribution in [0.3, 0.4) is 0 Å². The van der Waals surface area contributed by atoms with Crippen LogP contribution in [0.4, 0.5) is 5.82 Å². The maximum Gasteiger partial charge on any atom is 0.141 e. The number of piperidine rings is 1. The number of nitrogens with zero attached hydrogens (tertiary/aromatic N) is 3. The van der Waals surface area contributed by atoms with Crippen molar-refractivity contribution in [1.82, 2.24) is 14.9 Å². The van der Waals surface area contributed by atoms with Crippen LogP contribution in [0.5, 0.6) is 0 Å². The van der Waals surface area contributed by atoms with Crippen LogP contribution < -0.4 is 5.73 Å². The number of nitrogen functional groups attached to an aromatic ring is 1. The van der Waals surface area contributed by atoms with Gasteiger partial charge in [-0.2, -0.15) is 0 Å². The minimum atomic E-state index is -0.194. The van der Waals surface area contributed by atoms with Gasteiger partial charge in [-0.25, -0.2) is 4.98 Å². The molecule has 1 aromatic rings.